The van der Waals surface area contributed by atoms with Gasteiger partial charge < -0.3 is 5.32 Å². The van der Waals surface area contributed by atoms with Gasteiger partial charge in [-0.2, -0.15) is 9.57 Å². The van der Waals surface area contributed by atoms with Crippen LogP contribution in [0.25, 0.3) is 0 Å². The summed E-state index contributed by atoms with van der Waals surface area (Å²) in [4.78, 5) is 0.425. The largest absolute Gasteiger partial charge is 0.314 e. The van der Waals surface area contributed by atoms with E-state index in [0.29, 0.717) is 31.1 Å². The van der Waals surface area contributed by atoms with Crippen molar-refractivity contribution in [3.63, 3.8) is 0 Å². The predicted octanol–water partition coefficient (Wildman–Crippen LogP) is 0.214. The minimum Gasteiger partial charge on any atom is -0.314 e. The second-order valence-corrected chi connectivity index (χ2v) is 6.63. The highest BCUT2D eigenvalue weighted by molar-refractivity contribution is 7.91. The zero-order valence-electron chi connectivity index (χ0n) is 8.51. The molecule has 0 aliphatic carbocycles. The van der Waals surface area contributed by atoms with Crippen LogP contribution in [0.1, 0.15) is 4.88 Å². The first-order valence-corrected chi connectivity index (χ1v) is 7.11. The smallest absolute Gasteiger partial charge is 0.252 e. The van der Waals surface area contributed by atoms with E-state index in [1.54, 1.807) is 6.07 Å². The summed E-state index contributed by atoms with van der Waals surface area (Å²) in [6, 6.07) is 4.99. The Hall–Kier alpha value is -0.940. The summed E-state index contributed by atoms with van der Waals surface area (Å²) in [6.45, 7) is 2.33. The number of sulfonamides is 1. The SMILES string of the molecule is N#Cc1ccc(S(=O)(=O)N2CCNCC2)s1. The van der Waals surface area contributed by atoms with E-state index in [9.17, 15) is 8.42 Å². The molecule has 2 heterocycles. The van der Waals surface area contributed by atoms with Crippen LogP contribution in [0.3, 0.4) is 0 Å². The van der Waals surface area contributed by atoms with Gasteiger partial charge in [0, 0.05) is 26.2 Å². The van der Waals surface area contributed by atoms with Crippen LogP contribution >= 0.6 is 11.3 Å². The molecule has 5 nitrogen and oxygen atoms in total. The number of nitrogens with zero attached hydrogens (tertiary/aromatic N) is 2. The number of hydrogen-bond acceptors (Lipinski definition) is 5. The molecule has 0 spiro atoms. The standard InChI is InChI=1S/C9H11N3O2S2/c10-7-8-1-2-9(15-8)16(13,14)12-5-3-11-4-6-12/h1-2,11H,3-6H2. The molecular formula is C9H11N3O2S2. The molecule has 1 N–H and O–H groups in total. The van der Waals surface area contributed by atoms with Crippen LogP contribution in [0.2, 0.25) is 0 Å². The van der Waals surface area contributed by atoms with Crippen LogP contribution in [0.4, 0.5) is 0 Å². The molecule has 0 bridgehead atoms. The second-order valence-electron chi connectivity index (χ2n) is 3.38. The summed E-state index contributed by atoms with van der Waals surface area (Å²) in [7, 11) is -3.39. The van der Waals surface area contributed by atoms with E-state index in [-0.39, 0.29) is 4.21 Å². The molecule has 1 aliphatic rings. The molecule has 16 heavy (non-hydrogen) atoms. The first-order chi connectivity index (χ1) is 7.64. The molecule has 0 radical (unpaired) electrons. The van der Waals surface area contributed by atoms with Gasteiger partial charge in [-0.05, 0) is 12.1 Å². The molecule has 1 saturated heterocycles. The maximum absolute atomic E-state index is 12.1. The lowest BCUT2D eigenvalue weighted by molar-refractivity contribution is 0.361. The van der Waals surface area contributed by atoms with Crippen molar-refractivity contribution in [2.45, 2.75) is 4.21 Å². The van der Waals surface area contributed by atoms with E-state index in [4.69, 9.17) is 5.26 Å². The van der Waals surface area contributed by atoms with Crippen LogP contribution in [0.15, 0.2) is 16.3 Å². The Kier molecular flexibility index (Phi) is 3.25. The van der Waals surface area contributed by atoms with Gasteiger partial charge in [0.05, 0.1) is 0 Å². The molecule has 1 aromatic heterocycles. The lowest BCUT2D eigenvalue weighted by Crippen LogP contribution is -2.46. The first kappa shape index (κ1) is 11.5. The summed E-state index contributed by atoms with van der Waals surface area (Å²) in [5.74, 6) is 0. The van der Waals surface area contributed by atoms with Gasteiger partial charge in [0.25, 0.3) is 10.0 Å². The van der Waals surface area contributed by atoms with Crippen molar-refractivity contribution in [2.24, 2.45) is 0 Å². The van der Waals surface area contributed by atoms with Crippen molar-refractivity contribution >= 4 is 21.4 Å². The minimum absolute atomic E-state index is 0.256. The Bertz CT molecular complexity index is 509. The number of hydrogen-bond donors (Lipinski definition) is 1. The van der Waals surface area contributed by atoms with Crippen molar-refractivity contribution in [1.82, 2.24) is 9.62 Å². The third-order valence-electron chi connectivity index (χ3n) is 2.36. The van der Waals surface area contributed by atoms with E-state index in [2.05, 4.69) is 5.32 Å². The van der Waals surface area contributed by atoms with E-state index in [0.717, 1.165) is 11.3 Å². The van der Waals surface area contributed by atoms with Gasteiger partial charge in [0.2, 0.25) is 0 Å². The second kappa shape index (κ2) is 4.51. The summed E-state index contributed by atoms with van der Waals surface area (Å²) in [5, 5.41) is 11.8. The average Bonchev–Trinajstić information content (AvgIpc) is 2.79. The Balaban J connectivity index is 2.27. The first-order valence-electron chi connectivity index (χ1n) is 4.85. The molecule has 86 valence electrons. The van der Waals surface area contributed by atoms with Crippen LogP contribution < -0.4 is 5.32 Å². The molecular weight excluding hydrogens is 246 g/mol. The van der Waals surface area contributed by atoms with Crippen molar-refractivity contribution < 1.29 is 8.42 Å². The molecule has 0 saturated carbocycles. The number of nitrogens with one attached hydrogen (secondary N) is 1. The minimum atomic E-state index is -3.39. The van der Waals surface area contributed by atoms with Gasteiger partial charge in [-0.1, -0.05) is 0 Å². The number of thiophene rings is 1. The van der Waals surface area contributed by atoms with Crippen LogP contribution in [-0.2, 0) is 10.0 Å². The molecule has 0 aromatic carbocycles. The van der Waals surface area contributed by atoms with Gasteiger partial charge in [-0.15, -0.1) is 11.3 Å². The summed E-state index contributed by atoms with van der Waals surface area (Å²) >= 11 is 1.02. The Morgan fingerprint density at radius 2 is 2.06 bits per heavy atom. The number of rotatable bonds is 2. The van der Waals surface area contributed by atoms with Crippen LogP contribution in [0, 0.1) is 11.3 Å². The third kappa shape index (κ3) is 2.10. The molecule has 7 heteroatoms. The fraction of sp³-hybridized carbons (Fsp3) is 0.444. The van der Waals surface area contributed by atoms with Crippen LogP contribution in [-0.4, -0.2) is 38.9 Å². The predicted molar refractivity (Wildman–Crippen MR) is 60.7 cm³/mol. The van der Waals surface area contributed by atoms with E-state index < -0.39 is 10.0 Å². The normalized spacial score (nSPS) is 18.2. The van der Waals surface area contributed by atoms with Crippen molar-refractivity contribution in [2.75, 3.05) is 26.2 Å². The van der Waals surface area contributed by atoms with Crippen molar-refractivity contribution in [3.8, 4) is 6.07 Å². The Morgan fingerprint density at radius 1 is 1.38 bits per heavy atom. The topological polar surface area (TPSA) is 73.2 Å². The molecule has 0 atom stereocenters. The highest BCUT2D eigenvalue weighted by Crippen LogP contribution is 2.24. The molecule has 1 aliphatic heterocycles. The van der Waals surface area contributed by atoms with Gasteiger partial charge in [0.1, 0.15) is 15.2 Å². The maximum atomic E-state index is 12.1. The zero-order chi connectivity index (χ0) is 11.6. The number of piperazine rings is 1. The van der Waals surface area contributed by atoms with Gasteiger partial charge in [-0.25, -0.2) is 8.42 Å². The van der Waals surface area contributed by atoms with Crippen molar-refractivity contribution in [3.05, 3.63) is 17.0 Å². The van der Waals surface area contributed by atoms with Crippen LogP contribution in [0.5, 0.6) is 0 Å². The highest BCUT2D eigenvalue weighted by Gasteiger charge is 2.27. The monoisotopic (exact) mass is 257 g/mol. The quantitative estimate of drug-likeness (QED) is 0.822. The third-order valence-corrected chi connectivity index (χ3v) is 5.72. The lowest BCUT2D eigenvalue weighted by Gasteiger charge is -2.25. The van der Waals surface area contributed by atoms with Gasteiger partial charge in [-0.3, -0.25) is 0 Å². The lowest BCUT2D eigenvalue weighted by atomic mass is 10.4. The number of nitriles is 1. The van der Waals surface area contributed by atoms with Crippen molar-refractivity contribution in [1.29, 1.82) is 5.26 Å². The Morgan fingerprint density at radius 3 is 2.62 bits per heavy atom. The molecule has 0 unspecified atom stereocenters. The molecule has 0 amide bonds. The summed E-state index contributed by atoms with van der Waals surface area (Å²) < 4.78 is 25.9. The average molecular weight is 257 g/mol. The summed E-state index contributed by atoms with van der Waals surface area (Å²) in [5.41, 5.74) is 0. The highest BCUT2D eigenvalue weighted by atomic mass is 32.2. The van der Waals surface area contributed by atoms with E-state index in [1.807, 2.05) is 6.07 Å². The van der Waals surface area contributed by atoms with Gasteiger partial charge in [0.15, 0.2) is 0 Å². The van der Waals surface area contributed by atoms with Gasteiger partial charge >= 0.3 is 0 Å². The zero-order valence-corrected chi connectivity index (χ0v) is 10.1. The fourth-order valence-corrected chi connectivity index (χ4v) is 4.23. The fourth-order valence-electron chi connectivity index (χ4n) is 1.53. The maximum Gasteiger partial charge on any atom is 0.252 e. The molecule has 2 rings (SSSR count). The molecule has 1 fully saturated rings. The summed E-state index contributed by atoms with van der Waals surface area (Å²) in [6.07, 6.45) is 0. The van der Waals surface area contributed by atoms with E-state index >= 15 is 0 Å². The molecule has 1 aromatic rings. The van der Waals surface area contributed by atoms with E-state index in [1.165, 1.54) is 10.4 Å². The Labute approximate surface area is 98.4 Å².